The predicted molar refractivity (Wildman–Crippen MR) is 50.7 cm³/mol. The van der Waals surface area contributed by atoms with E-state index in [-0.39, 0.29) is 19.0 Å². The molecule has 0 aliphatic rings. The largest absolute Gasteiger partial charge is 0.445 e. The molecule has 1 amide bonds. The van der Waals surface area contributed by atoms with Crippen LogP contribution < -0.4 is 10.6 Å². The summed E-state index contributed by atoms with van der Waals surface area (Å²) in [6.07, 6.45) is 1.12. The fourth-order valence-electron chi connectivity index (χ4n) is 0.475. The summed E-state index contributed by atoms with van der Waals surface area (Å²) in [6, 6.07) is 0. The number of rotatable bonds is 5. The Hall–Kier alpha value is -0.740. The number of halogens is 1. The molecule has 0 fully saturated rings. The van der Waals surface area contributed by atoms with Crippen molar-refractivity contribution in [2.24, 2.45) is 0 Å². The highest BCUT2D eigenvalue weighted by Crippen LogP contribution is 1.76. The quantitative estimate of drug-likeness (QED) is 0.496. The summed E-state index contributed by atoms with van der Waals surface area (Å²) in [5, 5.41) is 5.44. The van der Waals surface area contributed by atoms with Gasteiger partial charge in [0.15, 0.2) is 0 Å². The molecule has 0 aromatic rings. The highest BCUT2D eigenvalue weighted by Gasteiger charge is 1.96. The normalized spacial score (nSPS) is 8.08. The van der Waals surface area contributed by atoms with Gasteiger partial charge in [0.05, 0.1) is 0 Å². The van der Waals surface area contributed by atoms with E-state index in [1.165, 1.54) is 6.08 Å². The van der Waals surface area contributed by atoms with Gasteiger partial charge in [-0.25, -0.2) is 4.79 Å². The van der Waals surface area contributed by atoms with Gasteiger partial charge in [0.2, 0.25) is 0 Å². The van der Waals surface area contributed by atoms with E-state index >= 15 is 0 Å². The lowest BCUT2D eigenvalue weighted by Crippen LogP contribution is -2.30. The zero-order valence-corrected chi connectivity index (χ0v) is 7.95. The average Bonchev–Trinajstić information content (AvgIpc) is 2.01. The van der Waals surface area contributed by atoms with E-state index in [4.69, 9.17) is 0 Å². The maximum absolute atomic E-state index is 10.7. The van der Waals surface area contributed by atoms with Crippen LogP contribution in [0.4, 0.5) is 4.79 Å². The molecule has 0 aliphatic heterocycles. The number of carbonyl (C=O) groups is 1. The fourth-order valence-corrected chi connectivity index (χ4v) is 0.475. The molecule has 5 heteroatoms. The second-order valence-electron chi connectivity index (χ2n) is 1.92. The average molecular weight is 195 g/mol. The van der Waals surface area contributed by atoms with Crippen LogP contribution in [0.5, 0.6) is 0 Å². The molecular weight excluding hydrogens is 180 g/mol. The summed E-state index contributed by atoms with van der Waals surface area (Å²) < 4.78 is 4.64. The number of carbonyl (C=O) groups excluding carboxylic acids is 1. The summed E-state index contributed by atoms with van der Waals surface area (Å²) >= 11 is 0. The molecule has 0 saturated heterocycles. The number of hydrogen-bond donors (Lipinski definition) is 2. The summed E-state index contributed by atoms with van der Waals surface area (Å²) in [4.78, 5) is 10.7. The monoisotopic (exact) mass is 194 g/mol. The standard InChI is InChI=1S/C7H14N2O2.ClH/c1-3-6-11-7(10)9-5-4-8-2;/h3,8H,1,4-6H2,2H3,(H,9,10);1H. The van der Waals surface area contributed by atoms with Gasteiger partial charge in [0, 0.05) is 13.1 Å². The maximum atomic E-state index is 10.7. The first-order valence-corrected chi connectivity index (χ1v) is 3.47. The van der Waals surface area contributed by atoms with Gasteiger partial charge < -0.3 is 15.4 Å². The summed E-state index contributed by atoms with van der Waals surface area (Å²) in [7, 11) is 1.82. The van der Waals surface area contributed by atoms with Crippen LogP contribution >= 0.6 is 12.4 Å². The number of likely N-dealkylation sites (N-methyl/N-ethyl adjacent to an activating group) is 1. The predicted octanol–water partition coefficient (Wildman–Crippen LogP) is 0.540. The van der Waals surface area contributed by atoms with E-state index < -0.39 is 6.09 Å². The van der Waals surface area contributed by atoms with Gasteiger partial charge in [-0.3, -0.25) is 0 Å². The van der Waals surface area contributed by atoms with Gasteiger partial charge in [-0.05, 0) is 7.05 Å². The van der Waals surface area contributed by atoms with Crippen LogP contribution in [-0.2, 0) is 4.74 Å². The molecule has 0 aliphatic carbocycles. The highest BCUT2D eigenvalue weighted by molar-refractivity contribution is 5.85. The van der Waals surface area contributed by atoms with Gasteiger partial charge in [-0.2, -0.15) is 0 Å². The molecule has 0 radical (unpaired) electrons. The molecule has 0 rings (SSSR count). The third kappa shape index (κ3) is 9.26. The highest BCUT2D eigenvalue weighted by atomic mass is 35.5. The zero-order chi connectivity index (χ0) is 8.53. The Kier molecular flexibility index (Phi) is 11.8. The molecule has 2 N–H and O–H groups in total. The van der Waals surface area contributed by atoms with Gasteiger partial charge in [0.1, 0.15) is 6.61 Å². The Morgan fingerprint density at radius 3 is 2.75 bits per heavy atom. The fraction of sp³-hybridized carbons (Fsp3) is 0.571. The second-order valence-corrected chi connectivity index (χ2v) is 1.92. The molecular formula is C7H15ClN2O2. The third-order valence-corrected chi connectivity index (χ3v) is 0.977. The van der Waals surface area contributed by atoms with Crippen molar-refractivity contribution in [3.05, 3.63) is 12.7 Å². The van der Waals surface area contributed by atoms with Crippen molar-refractivity contribution in [3.8, 4) is 0 Å². The second kappa shape index (κ2) is 10.3. The van der Waals surface area contributed by atoms with Crippen LogP contribution in [0.15, 0.2) is 12.7 Å². The molecule has 0 aromatic carbocycles. The molecule has 0 unspecified atom stereocenters. The van der Waals surface area contributed by atoms with E-state index in [1.807, 2.05) is 7.05 Å². The molecule has 0 bridgehead atoms. The van der Waals surface area contributed by atoms with E-state index in [1.54, 1.807) is 0 Å². The number of hydrogen-bond acceptors (Lipinski definition) is 3. The first kappa shape index (κ1) is 13.8. The minimum Gasteiger partial charge on any atom is -0.445 e. The molecule has 12 heavy (non-hydrogen) atoms. The van der Waals surface area contributed by atoms with Crippen LogP contribution in [-0.4, -0.2) is 32.8 Å². The molecule has 0 aromatic heterocycles. The Morgan fingerprint density at radius 2 is 2.25 bits per heavy atom. The van der Waals surface area contributed by atoms with Crippen LogP contribution in [0, 0.1) is 0 Å². The molecule has 72 valence electrons. The number of amides is 1. The number of nitrogens with one attached hydrogen (secondary N) is 2. The van der Waals surface area contributed by atoms with Crippen LogP contribution in [0.25, 0.3) is 0 Å². The number of alkyl carbamates (subject to hydrolysis) is 1. The van der Waals surface area contributed by atoms with Crippen molar-refractivity contribution >= 4 is 18.5 Å². The van der Waals surface area contributed by atoms with Crippen LogP contribution in [0.3, 0.4) is 0 Å². The molecule has 0 atom stereocenters. The zero-order valence-electron chi connectivity index (χ0n) is 7.13. The Labute approximate surface area is 78.8 Å². The van der Waals surface area contributed by atoms with Gasteiger partial charge in [-0.1, -0.05) is 12.7 Å². The molecule has 0 heterocycles. The maximum Gasteiger partial charge on any atom is 0.407 e. The minimum atomic E-state index is -0.403. The smallest absolute Gasteiger partial charge is 0.407 e. The van der Waals surface area contributed by atoms with Gasteiger partial charge in [0.25, 0.3) is 0 Å². The number of ether oxygens (including phenoxy) is 1. The van der Waals surface area contributed by atoms with Crippen molar-refractivity contribution in [1.29, 1.82) is 0 Å². The Balaban J connectivity index is 0. The lowest BCUT2D eigenvalue weighted by atomic mass is 10.6. The van der Waals surface area contributed by atoms with Crippen molar-refractivity contribution in [2.45, 2.75) is 0 Å². The van der Waals surface area contributed by atoms with E-state index in [2.05, 4.69) is 21.9 Å². The summed E-state index contributed by atoms with van der Waals surface area (Å²) in [5.74, 6) is 0. The van der Waals surface area contributed by atoms with E-state index in [0.29, 0.717) is 6.54 Å². The molecule has 0 saturated carbocycles. The van der Waals surface area contributed by atoms with E-state index in [0.717, 1.165) is 6.54 Å². The third-order valence-electron chi connectivity index (χ3n) is 0.977. The Bertz CT molecular complexity index is 131. The van der Waals surface area contributed by atoms with Gasteiger partial charge in [-0.15, -0.1) is 12.4 Å². The van der Waals surface area contributed by atoms with Crippen molar-refractivity contribution in [2.75, 3.05) is 26.7 Å². The summed E-state index contributed by atoms with van der Waals surface area (Å²) in [6.45, 7) is 4.98. The molecule has 0 spiro atoms. The first-order chi connectivity index (χ1) is 5.31. The van der Waals surface area contributed by atoms with Crippen LogP contribution in [0.2, 0.25) is 0 Å². The van der Waals surface area contributed by atoms with Gasteiger partial charge >= 0.3 is 6.09 Å². The van der Waals surface area contributed by atoms with Crippen molar-refractivity contribution in [3.63, 3.8) is 0 Å². The lowest BCUT2D eigenvalue weighted by molar-refractivity contribution is 0.158. The topological polar surface area (TPSA) is 50.4 Å². The molecule has 4 nitrogen and oxygen atoms in total. The SMILES string of the molecule is C=CCOC(=O)NCCNC.Cl. The summed E-state index contributed by atoms with van der Waals surface area (Å²) in [5.41, 5.74) is 0. The first-order valence-electron chi connectivity index (χ1n) is 3.47. The van der Waals surface area contributed by atoms with Crippen molar-refractivity contribution < 1.29 is 9.53 Å². The Morgan fingerprint density at radius 1 is 1.58 bits per heavy atom. The van der Waals surface area contributed by atoms with E-state index in [9.17, 15) is 4.79 Å². The van der Waals surface area contributed by atoms with Crippen molar-refractivity contribution in [1.82, 2.24) is 10.6 Å². The minimum absolute atomic E-state index is 0. The lowest BCUT2D eigenvalue weighted by Gasteiger charge is -2.03. The van der Waals surface area contributed by atoms with Crippen LogP contribution in [0.1, 0.15) is 0 Å².